The molecule has 0 aromatic heterocycles. The highest BCUT2D eigenvalue weighted by Gasteiger charge is 2.18. The molecule has 0 aliphatic carbocycles. The van der Waals surface area contributed by atoms with Crippen molar-refractivity contribution < 1.29 is 19.8 Å². The number of hydrogen-bond acceptors (Lipinski definition) is 3. The van der Waals surface area contributed by atoms with E-state index in [0.717, 1.165) is 5.56 Å². The van der Waals surface area contributed by atoms with Gasteiger partial charge in [-0.15, -0.1) is 0 Å². The first-order chi connectivity index (χ1) is 9.00. The van der Waals surface area contributed by atoms with Crippen molar-refractivity contribution in [2.24, 2.45) is 0 Å². The van der Waals surface area contributed by atoms with Gasteiger partial charge in [0, 0.05) is 0 Å². The van der Waals surface area contributed by atoms with Crippen molar-refractivity contribution in [2.45, 2.75) is 6.92 Å². The second-order valence-electron chi connectivity index (χ2n) is 4.15. The summed E-state index contributed by atoms with van der Waals surface area (Å²) in [5, 5.41) is 18.9. The van der Waals surface area contributed by atoms with E-state index >= 15 is 0 Å². The first-order valence-corrected chi connectivity index (χ1v) is 5.67. The minimum absolute atomic E-state index is 0.0127. The summed E-state index contributed by atoms with van der Waals surface area (Å²) in [4.78, 5) is 22.6. The topological polar surface area (TPSA) is 74.6 Å². The van der Waals surface area contributed by atoms with Gasteiger partial charge in [-0.25, -0.2) is 4.79 Å². The van der Waals surface area contributed by atoms with Crippen LogP contribution in [-0.4, -0.2) is 22.0 Å². The molecule has 0 saturated carbocycles. The fraction of sp³-hybridized carbons (Fsp3) is 0.0667. The van der Waals surface area contributed by atoms with Gasteiger partial charge in [-0.3, -0.25) is 4.79 Å². The fourth-order valence-corrected chi connectivity index (χ4v) is 1.86. The lowest BCUT2D eigenvalue weighted by Gasteiger charge is -2.09. The Morgan fingerprint density at radius 3 is 2.05 bits per heavy atom. The summed E-state index contributed by atoms with van der Waals surface area (Å²) in [5.41, 5.74) is 1.11. The largest absolute Gasteiger partial charge is 0.506 e. The van der Waals surface area contributed by atoms with Crippen molar-refractivity contribution in [3.05, 3.63) is 53.6 Å². The van der Waals surface area contributed by atoms with E-state index in [4.69, 9.17) is 5.11 Å². The lowest BCUT2D eigenvalue weighted by molar-refractivity contribution is 0.0694. The number of carbonyl (C=O) groups is 2. The van der Waals surface area contributed by atoms with Crippen LogP contribution in [0.1, 0.15) is 27.6 Å². The zero-order valence-corrected chi connectivity index (χ0v) is 10.3. The number of aromatic hydroxyl groups is 1. The molecule has 19 heavy (non-hydrogen) atoms. The molecule has 0 radical (unpaired) electrons. The molecular weight excluding hydrogens is 244 g/mol. The van der Waals surface area contributed by atoms with Crippen LogP contribution >= 0.6 is 0 Å². The Kier molecular flexibility index (Phi) is 3.33. The van der Waals surface area contributed by atoms with Crippen molar-refractivity contribution in [3.63, 3.8) is 0 Å². The second kappa shape index (κ2) is 4.94. The number of hydrogen-bond donors (Lipinski definition) is 2. The molecule has 2 aromatic rings. The van der Waals surface area contributed by atoms with Crippen LogP contribution in [0.3, 0.4) is 0 Å². The monoisotopic (exact) mass is 256 g/mol. The summed E-state index contributed by atoms with van der Waals surface area (Å²) < 4.78 is 0. The Morgan fingerprint density at radius 1 is 0.947 bits per heavy atom. The van der Waals surface area contributed by atoms with Gasteiger partial charge >= 0.3 is 5.97 Å². The van der Waals surface area contributed by atoms with Crippen molar-refractivity contribution >= 4 is 11.8 Å². The molecule has 0 bridgehead atoms. The summed E-state index contributed by atoms with van der Waals surface area (Å²) in [6, 6.07) is 11.9. The van der Waals surface area contributed by atoms with Crippen molar-refractivity contribution in [2.75, 3.05) is 0 Å². The molecule has 4 heteroatoms. The van der Waals surface area contributed by atoms with Crippen molar-refractivity contribution in [3.8, 4) is 16.9 Å². The highest BCUT2D eigenvalue weighted by molar-refractivity contribution is 6.03. The third kappa shape index (κ3) is 2.47. The predicted molar refractivity (Wildman–Crippen MR) is 70.5 cm³/mol. The molecule has 96 valence electrons. The van der Waals surface area contributed by atoms with Crippen molar-refractivity contribution in [1.29, 1.82) is 0 Å². The first-order valence-electron chi connectivity index (χ1n) is 5.67. The summed E-state index contributed by atoms with van der Waals surface area (Å²) in [7, 11) is 0. The molecule has 2 aromatic carbocycles. The van der Waals surface area contributed by atoms with Crippen molar-refractivity contribution in [1.82, 2.24) is 0 Å². The summed E-state index contributed by atoms with van der Waals surface area (Å²) >= 11 is 0. The summed E-state index contributed by atoms with van der Waals surface area (Å²) in [6.07, 6.45) is 0. The molecule has 0 unspecified atom stereocenters. The van der Waals surface area contributed by atoms with Crippen LogP contribution in [0.2, 0.25) is 0 Å². The standard InChI is InChI=1S/C15H12O4/c1-9(16)12-7-11(10-5-3-2-4-6-10)8-13(14(12)17)15(18)19/h2-8,17H,1H3,(H,18,19). The van der Waals surface area contributed by atoms with Crippen LogP contribution in [-0.2, 0) is 0 Å². The molecule has 0 amide bonds. The number of aromatic carboxylic acids is 1. The summed E-state index contributed by atoms with van der Waals surface area (Å²) in [6.45, 7) is 1.29. The Bertz CT molecular complexity index is 609. The molecule has 0 atom stereocenters. The number of benzene rings is 2. The molecule has 4 nitrogen and oxygen atoms in total. The normalized spacial score (nSPS) is 10.2. The Hall–Kier alpha value is -2.62. The number of ketones is 1. The first kappa shape index (κ1) is 12.8. The fourth-order valence-electron chi connectivity index (χ4n) is 1.86. The number of Topliss-reactive ketones (excluding diaryl/α,β-unsaturated/α-hetero) is 1. The highest BCUT2D eigenvalue weighted by atomic mass is 16.4. The Morgan fingerprint density at radius 2 is 1.53 bits per heavy atom. The average Bonchev–Trinajstić information content (AvgIpc) is 2.39. The third-order valence-corrected chi connectivity index (χ3v) is 2.83. The number of carbonyl (C=O) groups excluding carboxylic acids is 1. The van der Waals surface area contributed by atoms with E-state index in [1.807, 2.05) is 30.3 Å². The maximum Gasteiger partial charge on any atom is 0.339 e. The van der Waals surface area contributed by atoms with E-state index in [1.54, 1.807) is 0 Å². The smallest absolute Gasteiger partial charge is 0.339 e. The molecule has 0 spiro atoms. The molecule has 0 heterocycles. The van der Waals surface area contributed by atoms with E-state index in [0.29, 0.717) is 5.56 Å². The number of phenols is 1. The van der Waals surface area contributed by atoms with Gasteiger partial charge in [0.1, 0.15) is 11.3 Å². The van der Waals surface area contributed by atoms with Crippen LogP contribution < -0.4 is 0 Å². The minimum atomic E-state index is -1.27. The van der Waals surface area contributed by atoms with Crippen LogP contribution in [0, 0.1) is 0 Å². The maximum absolute atomic E-state index is 11.5. The van der Waals surface area contributed by atoms with Gasteiger partial charge in [0.15, 0.2) is 5.78 Å². The van der Waals surface area contributed by atoms with Gasteiger partial charge in [-0.2, -0.15) is 0 Å². The Balaban J connectivity index is 2.70. The number of carboxylic acids is 1. The zero-order chi connectivity index (χ0) is 14.0. The second-order valence-corrected chi connectivity index (χ2v) is 4.15. The molecule has 0 aliphatic rings. The lowest BCUT2D eigenvalue weighted by atomic mass is 9.97. The van der Waals surface area contributed by atoms with Gasteiger partial charge in [0.2, 0.25) is 0 Å². The van der Waals surface area contributed by atoms with Gasteiger partial charge in [0.25, 0.3) is 0 Å². The molecule has 2 rings (SSSR count). The van der Waals surface area contributed by atoms with E-state index in [1.165, 1.54) is 19.1 Å². The average molecular weight is 256 g/mol. The van der Waals surface area contributed by atoms with Crippen LogP contribution in [0.15, 0.2) is 42.5 Å². The van der Waals surface area contributed by atoms with Gasteiger partial charge < -0.3 is 10.2 Å². The van der Waals surface area contributed by atoms with E-state index in [-0.39, 0.29) is 16.9 Å². The minimum Gasteiger partial charge on any atom is -0.506 e. The highest BCUT2D eigenvalue weighted by Crippen LogP contribution is 2.30. The van der Waals surface area contributed by atoms with E-state index < -0.39 is 11.7 Å². The van der Waals surface area contributed by atoms with Gasteiger partial charge in [-0.1, -0.05) is 30.3 Å². The number of rotatable bonds is 3. The van der Waals surface area contributed by atoms with E-state index in [2.05, 4.69) is 0 Å². The van der Waals surface area contributed by atoms with E-state index in [9.17, 15) is 14.7 Å². The number of carboxylic acid groups (broad SMARTS) is 1. The summed E-state index contributed by atoms with van der Waals surface area (Å²) in [5.74, 6) is -2.13. The lowest BCUT2D eigenvalue weighted by Crippen LogP contribution is -2.03. The van der Waals surface area contributed by atoms with Gasteiger partial charge in [-0.05, 0) is 30.2 Å². The zero-order valence-electron chi connectivity index (χ0n) is 10.3. The maximum atomic E-state index is 11.5. The van der Waals surface area contributed by atoms with Gasteiger partial charge in [0.05, 0.1) is 5.56 Å². The van der Waals surface area contributed by atoms with Crippen LogP contribution in [0.25, 0.3) is 11.1 Å². The Labute approximate surface area is 109 Å². The molecule has 0 fully saturated rings. The molecule has 0 aliphatic heterocycles. The predicted octanol–water partition coefficient (Wildman–Crippen LogP) is 2.96. The molecular formula is C15H12O4. The third-order valence-electron chi connectivity index (χ3n) is 2.83. The molecule has 0 saturated heterocycles. The SMILES string of the molecule is CC(=O)c1cc(-c2ccccc2)cc(C(=O)O)c1O. The quantitative estimate of drug-likeness (QED) is 0.828. The molecule has 2 N–H and O–H groups in total. The van der Waals surface area contributed by atoms with Crippen LogP contribution in [0.4, 0.5) is 0 Å². The van der Waals surface area contributed by atoms with Crippen LogP contribution in [0.5, 0.6) is 5.75 Å².